The molecule has 9 heteroatoms. The van der Waals surface area contributed by atoms with Crippen LogP contribution >= 0.6 is 0 Å². The normalized spacial score (nSPS) is 12.0. The number of hydrogen-bond donors (Lipinski definition) is 1. The average Bonchev–Trinajstić information content (AvgIpc) is 3.02. The Hall–Kier alpha value is -4.50. The fourth-order valence-electron chi connectivity index (χ4n) is 4.84. The molecule has 4 rings (SSSR count). The van der Waals surface area contributed by atoms with Crippen molar-refractivity contribution in [3.05, 3.63) is 131 Å². The number of amides is 2. The molecule has 0 aromatic heterocycles. The summed E-state index contributed by atoms with van der Waals surface area (Å²) in [6.45, 7) is 7.67. The first-order valence-electron chi connectivity index (χ1n) is 15.0. The van der Waals surface area contributed by atoms with Gasteiger partial charge in [0.05, 0.1) is 10.6 Å². The van der Waals surface area contributed by atoms with Crippen LogP contribution in [0, 0.1) is 25.6 Å². The third-order valence-electron chi connectivity index (χ3n) is 7.43. The minimum absolute atomic E-state index is 0.00850. The van der Waals surface area contributed by atoms with Crippen molar-refractivity contribution in [3.63, 3.8) is 0 Å². The molecule has 7 nitrogen and oxygen atoms in total. The predicted octanol–water partition coefficient (Wildman–Crippen LogP) is 6.05. The molecule has 0 spiro atoms. The van der Waals surface area contributed by atoms with E-state index in [1.54, 1.807) is 12.1 Å². The Balaban J connectivity index is 1.79. The van der Waals surface area contributed by atoms with Crippen molar-refractivity contribution in [1.82, 2.24) is 10.2 Å². The van der Waals surface area contributed by atoms with Crippen LogP contribution in [0.2, 0.25) is 0 Å². The number of sulfonamides is 1. The number of hydrogen-bond acceptors (Lipinski definition) is 4. The molecular formula is C36H40FN3O4S. The molecule has 0 radical (unpaired) electrons. The smallest absolute Gasteiger partial charge is 0.264 e. The van der Waals surface area contributed by atoms with Crippen molar-refractivity contribution in [1.29, 1.82) is 0 Å². The second kappa shape index (κ2) is 15.0. The van der Waals surface area contributed by atoms with Crippen molar-refractivity contribution < 1.29 is 22.4 Å². The second-order valence-electron chi connectivity index (χ2n) is 11.7. The van der Waals surface area contributed by atoms with Crippen molar-refractivity contribution in [2.75, 3.05) is 17.4 Å². The Morgan fingerprint density at radius 1 is 0.778 bits per heavy atom. The van der Waals surface area contributed by atoms with Crippen molar-refractivity contribution in [2.24, 2.45) is 5.92 Å². The lowest BCUT2D eigenvalue weighted by Gasteiger charge is -2.34. The number of halogens is 1. The monoisotopic (exact) mass is 629 g/mol. The van der Waals surface area contributed by atoms with Crippen LogP contribution in [0.1, 0.15) is 36.1 Å². The number of aryl methyl sites for hydroxylation is 2. The summed E-state index contributed by atoms with van der Waals surface area (Å²) in [4.78, 5) is 29.7. The third kappa shape index (κ3) is 9.01. The maximum atomic E-state index is 14.4. The zero-order valence-electron chi connectivity index (χ0n) is 26.1. The van der Waals surface area contributed by atoms with Crippen molar-refractivity contribution >= 4 is 27.5 Å². The lowest BCUT2D eigenvalue weighted by atomic mass is 10.0. The molecule has 0 unspecified atom stereocenters. The Bertz CT molecular complexity index is 1680. The van der Waals surface area contributed by atoms with Crippen molar-refractivity contribution in [3.8, 4) is 0 Å². The van der Waals surface area contributed by atoms with E-state index in [2.05, 4.69) is 5.32 Å². The van der Waals surface area contributed by atoms with E-state index < -0.39 is 34.3 Å². The van der Waals surface area contributed by atoms with Gasteiger partial charge < -0.3 is 10.2 Å². The Morgan fingerprint density at radius 2 is 1.36 bits per heavy atom. The summed E-state index contributed by atoms with van der Waals surface area (Å²) in [7, 11) is -4.25. The second-order valence-corrected chi connectivity index (χ2v) is 13.5. The van der Waals surface area contributed by atoms with Gasteiger partial charge in [0, 0.05) is 19.5 Å². The van der Waals surface area contributed by atoms with Gasteiger partial charge in [-0.1, -0.05) is 91.7 Å². The van der Waals surface area contributed by atoms with Crippen LogP contribution in [0.25, 0.3) is 0 Å². The van der Waals surface area contributed by atoms with E-state index in [4.69, 9.17) is 0 Å². The summed E-state index contributed by atoms with van der Waals surface area (Å²) in [5.74, 6) is -1.26. The Kier molecular flexibility index (Phi) is 11.1. The number of nitrogens with zero attached hydrogens (tertiary/aromatic N) is 2. The van der Waals surface area contributed by atoms with Gasteiger partial charge in [0.1, 0.15) is 18.4 Å². The molecule has 0 aliphatic carbocycles. The molecule has 4 aromatic rings. The number of anilines is 1. The van der Waals surface area contributed by atoms with Crippen LogP contribution in [0.5, 0.6) is 0 Å². The van der Waals surface area contributed by atoms with Gasteiger partial charge in [-0.2, -0.15) is 0 Å². The van der Waals surface area contributed by atoms with Crippen molar-refractivity contribution in [2.45, 2.75) is 51.6 Å². The zero-order chi connectivity index (χ0) is 32.6. The molecule has 0 heterocycles. The molecular weight excluding hydrogens is 589 g/mol. The maximum absolute atomic E-state index is 14.4. The number of nitrogens with one attached hydrogen (secondary N) is 1. The van der Waals surface area contributed by atoms with Gasteiger partial charge in [0.25, 0.3) is 10.0 Å². The summed E-state index contributed by atoms with van der Waals surface area (Å²) in [5.41, 5.74) is 3.69. The molecule has 2 amide bonds. The van der Waals surface area contributed by atoms with Crippen LogP contribution < -0.4 is 9.62 Å². The highest BCUT2D eigenvalue weighted by Gasteiger charge is 2.34. The highest BCUT2D eigenvalue weighted by atomic mass is 32.2. The molecule has 236 valence electrons. The van der Waals surface area contributed by atoms with Gasteiger partial charge in [-0.25, -0.2) is 12.8 Å². The van der Waals surface area contributed by atoms with E-state index in [0.29, 0.717) is 6.54 Å². The van der Waals surface area contributed by atoms with Crippen LogP contribution in [0.15, 0.2) is 108 Å². The molecule has 4 aromatic carbocycles. The molecule has 0 saturated heterocycles. The van der Waals surface area contributed by atoms with Gasteiger partial charge in [-0.15, -0.1) is 0 Å². The highest BCUT2D eigenvalue weighted by Crippen LogP contribution is 2.26. The lowest BCUT2D eigenvalue weighted by molar-refractivity contribution is -0.140. The number of carbonyl (C=O) groups is 2. The minimum Gasteiger partial charge on any atom is -0.354 e. The predicted molar refractivity (Wildman–Crippen MR) is 176 cm³/mol. The zero-order valence-corrected chi connectivity index (χ0v) is 26.9. The van der Waals surface area contributed by atoms with Crippen LogP contribution in [0.3, 0.4) is 0 Å². The van der Waals surface area contributed by atoms with Gasteiger partial charge in [-0.05, 0) is 67.3 Å². The van der Waals surface area contributed by atoms with Crippen LogP contribution in [0.4, 0.5) is 10.1 Å². The molecule has 0 aliphatic rings. The van der Waals surface area contributed by atoms with Gasteiger partial charge >= 0.3 is 0 Å². The number of rotatable bonds is 13. The molecule has 0 bridgehead atoms. The lowest BCUT2D eigenvalue weighted by Crippen LogP contribution is -2.53. The first kappa shape index (κ1) is 33.4. The third-order valence-corrected chi connectivity index (χ3v) is 9.22. The molecule has 45 heavy (non-hydrogen) atoms. The molecule has 0 saturated carbocycles. The van der Waals surface area contributed by atoms with E-state index in [9.17, 15) is 22.4 Å². The van der Waals surface area contributed by atoms with E-state index in [-0.39, 0.29) is 35.4 Å². The summed E-state index contributed by atoms with van der Waals surface area (Å²) in [5, 5.41) is 2.98. The first-order valence-corrected chi connectivity index (χ1v) is 16.4. The Morgan fingerprint density at radius 3 is 1.93 bits per heavy atom. The van der Waals surface area contributed by atoms with Crippen LogP contribution in [-0.4, -0.2) is 44.3 Å². The fraction of sp³-hybridized carbons (Fsp3) is 0.278. The molecule has 0 fully saturated rings. The number of carbonyl (C=O) groups excluding carboxylic acids is 2. The topological polar surface area (TPSA) is 86.8 Å². The fourth-order valence-corrected chi connectivity index (χ4v) is 6.25. The average molecular weight is 630 g/mol. The van der Waals surface area contributed by atoms with Gasteiger partial charge in [0.15, 0.2) is 0 Å². The van der Waals surface area contributed by atoms with E-state index in [1.165, 1.54) is 29.2 Å². The van der Waals surface area contributed by atoms with E-state index >= 15 is 0 Å². The summed E-state index contributed by atoms with van der Waals surface area (Å²) >= 11 is 0. The first-order chi connectivity index (χ1) is 21.4. The highest BCUT2D eigenvalue weighted by molar-refractivity contribution is 7.92. The van der Waals surface area contributed by atoms with E-state index in [0.717, 1.165) is 38.7 Å². The number of benzene rings is 4. The van der Waals surface area contributed by atoms with E-state index in [1.807, 2.05) is 82.3 Å². The quantitative estimate of drug-likeness (QED) is 0.195. The maximum Gasteiger partial charge on any atom is 0.264 e. The molecule has 1 N–H and O–H groups in total. The minimum atomic E-state index is -4.25. The van der Waals surface area contributed by atoms with Crippen LogP contribution in [-0.2, 0) is 32.6 Å². The molecule has 0 aliphatic heterocycles. The molecule has 1 atom stereocenters. The van der Waals surface area contributed by atoms with Gasteiger partial charge in [-0.3, -0.25) is 13.9 Å². The summed E-state index contributed by atoms with van der Waals surface area (Å²) in [6, 6.07) is 27.4. The largest absolute Gasteiger partial charge is 0.354 e. The summed E-state index contributed by atoms with van der Waals surface area (Å²) in [6.07, 6.45) is 0.226. The standard InChI is InChI=1S/C36H40FN3O4S/c1-26(2)23-38-36(42)34(22-29-8-6-5-7-9-29)39(24-30-14-10-27(3)11-15-30)35(41)25-40(32-18-16-31(37)17-19-32)45(43,44)33-20-12-28(4)13-21-33/h5-21,26,34H,22-25H2,1-4H3,(H,38,42)/t34-/m1/s1. The Labute approximate surface area is 265 Å². The summed E-state index contributed by atoms with van der Waals surface area (Å²) < 4.78 is 43.0. The SMILES string of the molecule is Cc1ccc(CN(C(=O)CN(c2ccc(F)cc2)S(=O)(=O)c2ccc(C)cc2)[C@H](Cc2ccccc2)C(=O)NCC(C)C)cc1. The van der Waals surface area contributed by atoms with Gasteiger partial charge in [0.2, 0.25) is 11.8 Å².